The molecule has 22 heavy (non-hydrogen) atoms. The van der Waals surface area contributed by atoms with E-state index in [0.29, 0.717) is 0 Å². The molecule has 0 saturated heterocycles. The first-order chi connectivity index (χ1) is 10.6. The number of nitrogens with one attached hydrogen (secondary N) is 1. The Morgan fingerprint density at radius 2 is 1.86 bits per heavy atom. The molecule has 0 aliphatic heterocycles. The zero-order chi connectivity index (χ0) is 15.7. The zero-order valence-corrected chi connectivity index (χ0v) is 13.8. The molecule has 2 aromatic heterocycles. The summed E-state index contributed by atoms with van der Waals surface area (Å²) in [4.78, 5) is 4.58. The number of aromatic nitrogens is 2. The second-order valence-electron chi connectivity index (χ2n) is 5.79. The molecule has 0 aliphatic rings. The summed E-state index contributed by atoms with van der Waals surface area (Å²) in [5, 5.41) is 4.82. The fourth-order valence-electron chi connectivity index (χ4n) is 3.11. The van der Waals surface area contributed by atoms with E-state index in [2.05, 4.69) is 72.9 Å². The molecule has 3 heteroatoms. The van der Waals surface area contributed by atoms with Gasteiger partial charge < -0.3 is 9.88 Å². The fourth-order valence-corrected chi connectivity index (χ4v) is 3.11. The van der Waals surface area contributed by atoms with Crippen LogP contribution in [0, 0.1) is 20.8 Å². The van der Waals surface area contributed by atoms with Crippen LogP contribution < -0.4 is 5.32 Å². The van der Waals surface area contributed by atoms with E-state index in [9.17, 15) is 0 Å². The largest absolute Gasteiger partial charge is 0.364 e. The molecule has 114 valence electrons. The standard InChI is InChI=1S/C19H23N3/c1-5-22-15(4)14(3)17-10-11-20-19(18(17)22)21-12-16-9-7-6-8-13(16)2/h6-11H,5,12H2,1-4H3,(H,20,21). The molecule has 1 N–H and O–H groups in total. The smallest absolute Gasteiger partial charge is 0.150 e. The highest BCUT2D eigenvalue weighted by atomic mass is 15.1. The van der Waals surface area contributed by atoms with Crippen LogP contribution in [-0.2, 0) is 13.1 Å². The first-order valence-corrected chi connectivity index (χ1v) is 7.86. The van der Waals surface area contributed by atoms with Crippen LogP contribution in [0.15, 0.2) is 36.5 Å². The van der Waals surface area contributed by atoms with E-state index in [1.165, 1.54) is 33.3 Å². The van der Waals surface area contributed by atoms with Crippen molar-refractivity contribution in [2.45, 2.75) is 40.8 Å². The lowest BCUT2D eigenvalue weighted by molar-refractivity contribution is 0.765. The van der Waals surface area contributed by atoms with Gasteiger partial charge in [0, 0.05) is 30.4 Å². The highest BCUT2D eigenvalue weighted by molar-refractivity contribution is 5.93. The van der Waals surface area contributed by atoms with Gasteiger partial charge in [-0.3, -0.25) is 0 Å². The predicted octanol–water partition coefficient (Wildman–Crippen LogP) is 4.59. The number of nitrogens with zero attached hydrogens (tertiary/aromatic N) is 2. The molecule has 0 fully saturated rings. The zero-order valence-electron chi connectivity index (χ0n) is 13.8. The van der Waals surface area contributed by atoms with Gasteiger partial charge in [0.15, 0.2) is 5.82 Å². The summed E-state index contributed by atoms with van der Waals surface area (Å²) in [5.41, 5.74) is 6.50. The molecule has 3 nitrogen and oxygen atoms in total. The molecule has 3 rings (SSSR count). The third kappa shape index (κ3) is 2.37. The number of hydrogen-bond donors (Lipinski definition) is 1. The summed E-state index contributed by atoms with van der Waals surface area (Å²) < 4.78 is 2.35. The van der Waals surface area contributed by atoms with Crippen molar-refractivity contribution in [1.82, 2.24) is 9.55 Å². The average Bonchev–Trinajstić information content (AvgIpc) is 2.78. The molecule has 0 atom stereocenters. The van der Waals surface area contributed by atoms with Crippen LogP contribution in [0.25, 0.3) is 10.9 Å². The molecular formula is C19H23N3. The second kappa shape index (κ2) is 5.84. The van der Waals surface area contributed by atoms with E-state index >= 15 is 0 Å². The molecule has 0 amide bonds. The summed E-state index contributed by atoms with van der Waals surface area (Å²) in [6, 6.07) is 10.6. The highest BCUT2D eigenvalue weighted by Gasteiger charge is 2.14. The minimum absolute atomic E-state index is 0.797. The maximum atomic E-state index is 4.58. The van der Waals surface area contributed by atoms with Gasteiger partial charge in [-0.05, 0) is 50.5 Å². The lowest BCUT2D eigenvalue weighted by atomic mass is 10.1. The molecule has 0 spiro atoms. The minimum Gasteiger partial charge on any atom is -0.364 e. The molecule has 2 heterocycles. The topological polar surface area (TPSA) is 29.9 Å². The number of hydrogen-bond acceptors (Lipinski definition) is 2. The Labute approximate surface area is 132 Å². The van der Waals surface area contributed by atoms with Crippen LogP contribution in [-0.4, -0.2) is 9.55 Å². The van der Waals surface area contributed by atoms with E-state index in [-0.39, 0.29) is 0 Å². The molecule has 0 saturated carbocycles. The number of aryl methyl sites for hydroxylation is 3. The Bertz CT molecular complexity index is 815. The monoisotopic (exact) mass is 293 g/mol. The Kier molecular flexibility index (Phi) is 3.88. The molecular weight excluding hydrogens is 270 g/mol. The lowest BCUT2D eigenvalue weighted by Gasteiger charge is -2.12. The molecule has 1 aromatic carbocycles. The highest BCUT2D eigenvalue weighted by Crippen LogP contribution is 2.29. The second-order valence-corrected chi connectivity index (χ2v) is 5.79. The third-order valence-electron chi connectivity index (χ3n) is 4.57. The van der Waals surface area contributed by atoms with Crippen molar-refractivity contribution in [2.75, 3.05) is 5.32 Å². The van der Waals surface area contributed by atoms with Crippen molar-refractivity contribution in [2.24, 2.45) is 0 Å². The van der Waals surface area contributed by atoms with Gasteiger partial charge in [0.25, 0.3) is 0 Å². The molecule has 0 aliphatic carbocycles. The van der Waals surface area contributed by atoms with E-state index in [0.717, 1.165) is 18.9 Å². The van der Waals surface area contributed by atoms with Gasteiger partial charge in [0.05, 0.1) is 5.52 Å². The van der Waals surface area contributed by atoms with Gasteiger partial charge in [-0.1, -0.05) is 24.3 Å². The van der Waals surface area contributed by atoms with Gasteiger partial charge in [-0.15, -0.1) is 0 Å². The van der Waals surface area contributed by atoms with E-state index in [1.807, 2.05) is 6.20 Å². The summed E-state index contributed by atoms with van der Waals surface area (Å²) in [7, 11) is 0. The molecule has 0 radical (unpaired) electrons. The lowest BCUT2D eigenvalue weighted by Crippen LogP contribution is -2.06. The van der Waals surface area contributed by atoms with Gasteiger partial charge in [0.1, 0.15) is 0 Å². The Morgan fingerprint density at radius 1 is 1.09 bits per heavy atom. The average molecular weight is 293 g/mol. The van der Waals surface area contributed by atoms with E-state index in [1.54, 1.807) is 0 Å². The Morgan fingerprint density at radius 3 is 2.59 bits per heavy atom. The Balaban J connectivity index is 2.01. The van der Waals surface area contributed by atoms with Gasteiger partial charge in [0.2, 0.25) is 0 Å². The van der Waals surface area contributed by atoms with Crippen molar-refractivity contribution in [3.63, 3.8) is 0 Å². The minimum atomic E-state index is 0.797. The maximum absolute atomic E-state index is 4.58. The summed E-state index contributed by atoms with van der Waals surface area (Å²) in [5.74, 6) is 0.971. The Hall–Kier alpha value is -2.29. The fraction of sp³-hybridized carbons (Fsp3) is 0.316. The van der Waals surface area contributed by atoms with Crippen molar-refractivity contribution in [1.29, 1.82) is 0 Å². The predicted molar refractivity (Wildman–Crippen MR) is 93.4 cm³/mol. The van der Waals surface area contributed by atoms with Gasteiger partial charge in [-0.25, -0.2) is 4.98 Å². The summed E-state index contributed by atoms with van der Waals surface area (Å²) in [6.45, 7) is 10.5. The van der Waals surface area contributed by atoms with Gasteiger partial charge in [-0.2, -0.15) is 0 Å². The van der Waals surface area contributed by atoms with E-state index in [4.69, 9.17) is 0 Å². The van der Waals surface area contributed by atoms with Crippen LogP contribution in [0.4, 0.5) is 5.82 Å². The van der Waals surface area contributed by atoms with Crippen LogP contribution in [0.2, 0.25) is 0 Å². The number of pyridine rings is 1. The van der Waals surface area contributed by atoms with Gasteiger partial charge >= 0.3 is 0 Å². The van der Waals surface area contributed by atoms with Crippen molar-refractivity contribution in [3.8, 4) is 0 Å². The van der Waals surface area contributed by atoms with E-state index < -0.39 is 0 Å². The maximum Gasteiger partial charge on any atom is 0.150 e. The summed E-state index contributed by atoms with van der Waals surface area (Å²) in [6.07, 6.45) is 1.90. The first-order valence-electron chi connectivity index (χ1n) is 7.86. The number of fused-ring (bicyclic) bond motifs is 1. The first kappa shape index (κ1) is 14.6. The quantitative estimate of drug-likeness (QED) is 0.762. The number of rotatable bonds is 4. The van der Waals surface area contributed by atoms with Crippen LogP contribution in [0.3, 0.4) is 0 Å². The van der Waals surface area contributed by atoms with Crippen LogP contribution in [0.5, 0.6) is 0 Å². The molecule has 0 bridgehead atoms. The SMILES string of the molecule is CCn1c(C)c(C)c2ccnc(NCc3ccccc3C)c21. The number of benzene rings is 1. The van der Waals surface area contributed by atoms with Crippen molar-refractivity contribution in [3.05, 3.63) is 58.9 Å². The third-order valence-corrected chi connectivity index (χ3v) is 4.57. The van der Waals surface area contributed by atoms with Crippen molar-refractivity contribution < 1.29 is 0 Å². The van der Waals surface area contributed by atoms with Crippen LogP contribution in [0.1, 0.15) is 29.3 Å². The van der Waals surface area contributed by atoms with Crippen molar-refractivity contribution >= 4 is 16.7 Å². The normalized spacial score (nSPS) is 11.1. The number of anilines is 1. The molecule has 0 unspecified atom stereocenters. The molecule has 3 aromatic rings. The summed E-state index contributed by atoms with van der Waals surface area (Å²) >= 11 is 0. The van der Waals surface area contributed by atoms with Crippen LogP contribution >= 0.6 is 0 Å².